The Kier molecular flexibility index (Phi) is 5.61. The molecule has 2 N–H and O–H groups in total. The molecule has 24 heavy (non-hydrogen) atoms. The van der Waals surface area contributed by atoms with Crippen LogP contribution in [0.5, 0.6) is 0 Å². The summed E-state index contributed by atoms with van der Waals surface area (Å²) in [5, 5.41) is 15.9. The van der Waals surface area contributed by atoms with Crippen molar-refractivity contribution in [2.24, 2.45) is 0 Å². The maximum Gasteiger partial charge on any atom is 0.416 e. The van der Waals surface area contributed by atoms with E-state index in [0.717, 1.165) is 12.5 Å². The van der Waals surface area contributed by atoms with Crippen LogP contribution in [-0.4, -0.2) is 22.7 Å². The number of amides is 1. The van der Waals surface area contributed by atoms with Gasteiger partial charge in [0.15, 0.2) is 5.69 Å². The summed E-state index contributed by atoms with van der Waals surface area (Å²) in [4.78, 5) is 11.9. The van der Waals surface area contributed by atoms with E-state index >= 15 is 0 Å². The fraction of sp³-hybridized carbons (Fsp3) is 0.375. The van der Waals surface area contributed by atoms with E-state index in [1.54, 1.807) is 0 Å². The molecule has 1 heterocycles. The van der Waals surface area contributed by atoms with Crippen LogP contribution in [0.3, 0.4) is 0 Å². The lowest BCUT2D eigenvalue weighted by molar-refractivity contribution is -0.139. The maximum absolute atomic E-state index is 12.9. The molecule has 2 rings (SSSR count). The number of carbonyl (C=O) groups is 1. The molecule has 1 unspecified atom stereocenters. The molecule has 130 valence electrons. The second-order valence-corrected chi connectivity index (χ2v) is 5.24. The molecule has 0 fully saturated rings. The summed E-state index contributed by atoms with van der Waals surface area (Å²) in [5.41, 5.74) is -1.20. The largest absolute Gasteiger partial charge is 0.416 e. The highest BCUT2D eigenvalue weighted by Gasteiger charge is 2.34. The zero-order chi connectivity index (χ0) is 17.7. The first kappa shape index (κ1) is 18.0. The minimum atomic E-state index is -4.58. The summed E-state index contributed by atoms with van der Waals surface area (Å²) in [5.74, 6) is -0.0738. The number of alkyl halides is 3. The highest BCUT2D eigenvalue weighted by molar-refractivity contribution is 5.92. The number of aryl methyl sites for hydroxylation is 1. The molecule has 0 aliphatic rings. The number of nitrogens with zero attached hydrogens (tertiary/aromatic N) is 1. The van der Waals surface area contributed by atoms with Crippen molar-refractivity contribution in [1.29, 1.82) is 0 Å². The van der Waals surface area contributed by atoms with Gasteiger partial charge in [0.25, 0.3) is 5.91 Å². The molecule has 0 saturated carbocycles. The van der Waals surface area contributed by atoms with Crippen molar-refractivity contribution in [2.75, 3.05) is 6.54 Å². The Morgan fingerprint density at radius 1 is 1.38 bits per heavy atom. The number of hydrogen-bond donors (Lipinski definition) is 2. The van der Waals surface area contributed by atoms with Gasteiger partial charge in [0.05, 0.1) is 11.7 Å². The van der Waals surface area contributed by atoms with E-state index in [2.05, 4.69) is 10.5 Å². The van der Waals surface area contributed by atoms with E-state index in [1.165, 1.54) is 24.3 Å². The van der Waals surface area contributed by atoms with Gasteiger partial charge in [-0.2, -0.15) is 13.2 Å². The van der Waals surface area contributed by atoms with Crippen LogP contribution in [0.2, 0.25) is 0 Å². The van der Waals surface area contributed by atoms with E-state index in [-0.39, 0.29) is 17.8 Å². The monoisotopic (exact) mass is 342 g/mol. The van der Waals surface area contributed by atoms with Crippen molar-refractivity contribution in [3.05, 3.63) is 52.9 Å². The standard InChI is InChI=1S/C16H17F3N2O3/c1-2-5-10-8-13(21-24-10)15(23)20-9-14(22)11-6-3-4-7-12(11)16(17,18)19/h3-4,6-8,14,22H,2,5,9H2,1H3,(H,20,23). The van der Waals surface area contributed by atoms with Gasteiger partial charge in [-0.15, -0.1) is 0 Å². The number of benzene rings is 1. The van der Waals surface area contributed by atoms with Crippen molar-refractivity contribution in [1.82, 2.24) is 10.5 Å². The van der Waals surface area contributed by atoms with E-state index in [0.29, 0.717) is 12.2 Å². The topological polar surface area (TPSA) is 75.4 Å². The van der Waals surface area contributed by atoms with Crippen molar-refractivity contribution in [3.8, 4) is 0 Å². The van der Waals surface area contributed by atoms with Gasteiger partial charge >= 0.3 is 6.18 Å². The fourth-order valence-corrected chi connectivity index (χ4v) is 2.22. The number of aliphatic hydroxyl groups excluding tert-OH is 1. The van der Waals surface area contributed by atoms with E-state index in [9.17, 15) is 23.1 Å². The molecular weight excluding hydrogens is 325 g/mol. The van der Waals surface area contributed by atoms with Gasteiger partial charge in [0.2, 0.25) is 0 Å². The van der Waals surface area contributed by atoms with E-state index in [1.807, 2.05) is 6.92 Å². The number of halogens is 3. The average molecular weight is 342 g/mol. The lowest BCUT2D eigenvalue weighted by Crippen LogP contribution is -2.29. The Bertz CT molecular complexity index is 698. The molecule has 5 nitrogen and oxygen atoms in total. The molecule has 0 spiro atoms. The van der Waals surface area contributed by atoms with Gasteiger partial charge in [-0.3, -0.25) is 4.79 Å². The first-order valence-corrected chi connectivity index (χ1v) is 7.41. The summed E-state index contributed by atoms with van der Waals surface area (Å²) in [6.07, 6.45) is -4.62. The molecule has 1 aromatic carbocycles. The Morgan fingerprint density at radius 2 is 2.08 bits per heavy atom. The van der Waals surface area contributed by atoms with Gasteiger partial charge in [-0.05, 0) is 18.1 Å². The summed E-state index contributed by atoms with van der Waals surface area (Å²) in [6.45, 7) is 1.57. The Labute approximate surface area is 136 Å². The van der Waals surface area contributed by atoms with Crippen LogP contribution in [-0.2, 0) is 12.6 Å². The van der Waals surface area contributed by atoms with Crippen LogP contribution >= 0.6 is 0 Å². The molecule has 1 atom stereocenters. The molecular formula is C16H17F3N2O3. The van der Waals surface area contributed by atoms with Gasteiger partial charge < -0.3 is 14.9 Å². The van der Waals surface area contributed by atoms with Crippen molar-refractivity contribution in [3.63, 3.8) is 0 Å². The van der Waals surface area contributed by atoms with Crippen LogP contribution < -0.4 is 5.32 Å². The fourth-order valence-electron chi connectivity index (χ4n) is 2.22. The van der Waals surface area contributed by atoms with Crippen LogP contribution in [0.1, 0.15) is 46.8 Å². The molecule has 0 aliphatic heterocycles. The number of aliphatic hydroxyl groups is 1. The van der Waals surface area contributed by atoms with Crippen molar-refractivity contribution < 1.29 is 27.6 Å². The molecule has 0 saturated heterocycles. The van der Waals surface area contributed by atoms with E-state index in [4.69, 9.17) is 4.52 Å². The first-order chi connectivity index (χ1) is 11.3. The van der Waals surface area contributed by atoms with Gasteiger partial charge in [-0.25, -0.2) is 0 Å². The summed E-state index contributed by atoms with van der Waals surface area (Å²) in [6, 6.07) is 6.16. The Morgan fingerprint density at radius 3 is 2.75 bits per heavy atom. The van der Waals surface area contributed by atoms with E-state index < -0.39 is 23.8 Å². The third kappa shape index (κ3) is 4.35. The van der Waals surface area contributed by atoms with Crippen LogP contribution in [0, 0.1) is 0 Å². The van der Waals surface area contributed by atoms with Crippen molar-refractivity contribution in [2.45, 2.75) is 32.0 Å². The number of aromatic nitrogens is 1. The number of hydrogen-bond acceptors (Lipinski definition) is 4. The predicted molar refractivity (Wildman–Crippen MR) is 79.2 cm³/mol. The molecule has 0 radical (unpaired) electrons. The second kappa shape index (κ2) is 7.48. The van der Waals surface area contributed by atoms with Gasteiger partial charge in [0.1, 0.15) is 5.76 Å². The summed E-state index contributed by atoms with van der Waals surface area (Å²) < 4.78 is 43.7. The molecule has 0 aliphatic carbocycles. The smallest absolute Gasteiger partial charge is 0.387 e. The zero-order valence-corrected chi connectivity index (χ0v) is 12.9. The normalized spacial score (nSPS) is 12.9. The van der Waals surface area contributed by atoms with Gasteiger partial charge in [0, 0.05) is 19.0 Å². The summed E-state index contributed by atoms with van der Waals surface area (Å²) >= 11 is 0. The lowest BCUT2D eigenvalue weighted by atomic mass is 10.0. The Hall–Kier alpha value is -2.35. The maximum atomic E-state index is 12.9. The molecule has 1 amide bonds. The highest BCUT2D eigenvalue weighted by atomic mass is 19.4. The second-order valence-electron chi connectivity index (χ2n) is 5.24. The average Bonchev–Trinajstić information content (AvgIpc) is 3.00. The quantitative estimate of drug-likeness (QED) is 0.846. The lowest BCUT2D eigenvalue weighted by Gasteiger charge is -2.17. The van der Waals surface area contributed by atoms with Crippen LogP contribution in [0.4, 0.5) is 13.2 Å². The SMILES string of the molecule is CCCc1cc(C(=O)NCC(O)c2ccccc2C(F)(F)F)no1. The third-order valence-electron chi connectivity index (χ3n) is 3.37. The minimum absolute atomic E-state index is 0.0229. The van der Waals surface area contributed by atoms with Crippen LogP contribution in [0.15, 0.2) is 34.9 Å². The zero-order valence-electron chi connectivity index (χ0n) is 12.9. The molecule has 1 aromatic heterocycles. The van der Waals surface area contributed by atoms with Gasteiger partial charge in [-0.1, -0.05) is 30.3 Å². The van der Waals surface area contributed by atoms with Crippen molar-refractivity contribution >= 4 is 5.91 Å². The third-order valence-corrected chi connectivity index (χ3v) is 3.37. The molecule has 8 heteroatoms. The number of rotatable bonds is 6. The minimum Gasteiger partial charge on any atom is -0.387 e. The number of carbonyl (C=O) groups excluding carboxylic acids is 1. The predicted octanol–water partition coefficient (Wildman–Crippen LogP) is 3.11. The Balaban J connectivity index is 2.02. The number of nitrogens with one attached hydrogen (secondary N) is 1. The molecule has 0 bridgehead atoms. The van der Waals surface area contributed by atoms with Crippen LogP contribution in [0.25, 0.3) is 0 Å². The summed E-state index contributed by atoms with van der Waals surface area (Å²) in [7, 11) is 0. The molecule has 2 aromatic rings. The first-order valence-electron chi connectivity index (χ1n) is 7.41. The highest BCUT2D eigenvalue weighted by Crippen LogP contribution is 2.34.